The molecule has 0 bridgehead atoms. The van der Waals surface area contributed by atoms with Crippen LogP contribution in [0, 0.1) is 5.82 Å². The number of ether oxygens (including phenoxy) is 2. The molecule has 11 heteroatoms. The number of carbonyl (C=O) groups excluding carboxylic acids is 3. The first-order valence-electron chi connectivity index (χ1n) is 16.1. The predicted molar refractivity (Wildman–Crippen MR) is 204 cm³/mol. The Kier molecular flexibility index (Phi) is 13.0. The van der Waals surface area contributed by atoms with Crippen LogP contribution in [-0.4, -0.2) is 40.7 Å². The molecule has 4 aromatic rings. The second-order valence-electron chi connectivity index (χ2n) is 11.2. The summed E-state index contributed by atoms with van der Waals surface area (Å²) >= 11 is 7.54. The van der Waals surface area contributed by atoms with Crippen molar-refractivity contribution in [3.05, 3.63) is 172 Å². The minimum Gasteiger partial charge on any atom is -0.493 e. The second-order valence-corrected chi connectivity index (χ2v) is 12.6. The molecule has 1 N–H and O–H groups in total. The standard InChI is InChI=1S/C41H35ClFN3O5S/c1-4-6-20-31(5-2)46-40(49)32(22-27-23-33(42)38(35(24-27)50-3)51-25-30-19-13-14-21-34(30)43)39(48)45-41(46)52-26-36(47)44-37(28-15-9-7-10-16-28)29-17-11-8-12-18-29/h4-24,37H,1,25-26H2,2-3H3,(H,44,47)/b20-6-,31-5+,32-22+. The Morgan fingerprint density at radius 3 is 2.29 bits per heavy atom. The van der Waals surface area contributed by atoms with E-state index >= 15 is 0 Å². The average Bonchev–Trinajstić information content (AvgIpc) is 3.16. The lowest BCUT2D eigenvalue weighted by molar-refractivity contribution is -0.126. The SMILES string of the molecule is C=C/C=C\C(=C/C)N1C(=O)/C(=C/c2cc(Cl)c(OCc3ccccc3F)c(OC)c2)C(=O)N=C1SCC(=O)NC(c1ccccc1)c1ccccc1. The average molecular weight is 736 g/mol. The Balaban J connectivity index is 1.41. The molecular weight excluding hydrogens is 701 g/mol. The third-order valence-corrected chi connectivity index (χ3v) is 9.02. The van der Waals surface area contributed by atoms with Crippen molar-refractivity contribution in [1.29, 1.82) is 0 Å². The first-order valence-corrected chi connectivity index (χ1v) is 17.5. The van der Waals surface area contributed by atoms with Crippen LogP contribution in [0.5, 0.6) is 11.5 Å². The molecule has 0 aliphatic carbocycles. The Morgan fingerprint density at radius 2 is 1.67 bits per heavy atom. The van der Waals surface area contributed by atoms with Gasteiger partial charge in [0.2, 0.25) is 5.91 Å². The van der Waals surface area contributed by atoms with Crippen molar-refractivity contribution in [3.63, 3.8) is 0 Å². The zero-order chi connectivity index (χ0) is 37.0. The molecule has 3 amide bonds. The van der Waals surface area contributed by atoms with Crippen molar-refractivity contribution in [1.82, 2.24) is 10.2 Å². The van der Waals surface area contributed by atoms with E-state index in [9.17, 15) is 18.8 Å². The summed E-state index contributed by atoms with van der Waals surface area (Å²) in [5.41, 5.74) is 2.65. The lowest BCUT2D eigenvalue weighted by Gasteiger charge is -2.28. The monoisotopic (exact) mass is 735 g/mol. The van der Waals surface area contributed by atoms with Gasteiger partial charge in [0.05, 0.1) is 23.9 Å². The molecule has 1 aliphatic rings. The minimum absolute atomic E-state index is 0.0348. The van der Waals surface area contributed by atoms with Crippen LogP contribution in [0.2, 0.25) is 5.02 Å². The number of allylic oxidation sites excluding steroid dienone is 4. The highest BCUT2D eigenvalue weighted by Crippen LogP contribution is 2.38. The lowest BCUT2D eigenvalue weighted by Crippen LogP contribution is -2.42. The van der Waals surface area contributed by atoms with Crippen molar-refractivity contribution < 1.29 is 28.2 Å². The molecule has 0 unspecified atom stereocenters. The van der Waals surface area contributed by atoms with E-state index in [1.54, 1.807) is 55.5 Å². The van der Waals surface area contributed by atoms with Gasteiger partial charge >= 0.3 is 0 Å². The van der Waals surface area contributed by atoms with E-state index in [0.29, 0.717) is 16.8 Å². The maximum Gasteiger partial charge on any atom is 0.285 e. The Morgan fingerprint density at radius 1 is 1.02 bits per heavy atom. The summed E-state index contributed by atoms with van der Waals surface area (Å²) in [5, 5.41) is 3.23. The van der Waals surface area contributed by atoms with Gasteiger partial charge in [-0.3, -0.25) is 19.3 Å². The van der Waals surface area contributed by atoms with Gasteiger partial charge in [-0.25, -0.2) is 4.39 Å². The first kappa shape index (κ1) is 37.5. The fourth-order valence-electron chi connectivity index (χ4n) is 5.29. The van der Waals surface area contributed by atoms with Gasteiger partial charge in [0.1, 0.15) is 18.0 Å². The van der Waals surface area contributed by atoms with E-state index in [4.69, 9.17) is 21.1 Å². The molecule has 0 aromatic heterocycles. The summed E-state index contributed by atoms with van der Waals surface area (Å²) in [7, 11) is 1.41. The number of benzene rings is 4. The number of nitrogens with one attached hydrogen (secondary N) is 1. The molecule has 0 saturated heterocycles. The Bertz CT molecular complexity index is 2040. The fourth-order valence-corrected chi connectivity index (χ4v) is 6.37. The molecule has 264 valence electrons. The van der Waals surface area contributed by atoms with Crippen molar-refractivity contribution in [2.75, 3.05) is 12.9 Å². The predicted octanol–water partition coefficient (Wildman–Crippen LogP) is 8.46. The number of aliphatic imine (C=N–C) groups is 1. The summed E-state index contributed by atoms with van der Waals surface area (Å²) < 4.78 is 25.5. The van der Waals surface area contributed by atoms with Gasteiger partial charge in [0, 0.05) is 11.3 Å². The van der Waals surface area contributed by atoms with Crippen molar-refractivity contribution in [2.45, 2.75) is 19.6 Å². The number of thioether (sulfide) groups is 1. The third-order valence-electron chi connectivity index (χ3n) is 7.81. The van der Waals surface area contributed by atoms with Gasteiger partial charge in [0.25, 0.3) is 11.8 Å². The number of amidine groups is 1. The summed E-state index contributed by atoms with van der Waals surface area (Å²) in [6.45, 7) is 5.34. The van der Waals surface area contributed by atoms with Gasteiger partial charge in [-0.2, -0.15) is 4.99 Å². The van der Waals surface area contributed by atoms with Gasteiger partial charge in [-0.1, -0.05) is 127 Å². The van der Waals surface area contributed by atoms with Crippen LogP contribution in [0.4, 0.5) is 4.39 Å². The summed E-state index contributed by atoms with van der Waals surface area (Å²) in [6.07, 6.45) is 7.89. The summed E-state index contributed by atoms with van der Waals surface area (Å²) in [4.78, 5) is 46.6. The number of rotatable bonds is 13. The van der Waals surface area contributed by atoms with Crippen LogP contribution in [0.1, 0.15) is 35.2 Å². The van der Waals surface area contributed by atoms with Crippen LogP contribution in [0.25, 0.3) is 6.08 Å². The quantitative estimate of drug-likeness (QED) is 0.0841. The lowest BCUT2D eigenvalue weighted by atomic mass is 9.99. The molecule has 0 fully saturated rings. The van der Waals surface area contributed by atoms with E-state index in [1.807, 2.05) is 60.7 Å². The molecule has 1 heterocycles. The third kappa shape index (κ3) is 9.14. The Labute approximate surface area is 311 Å². The van der Waals surface area contributed by atoms with Gasteiger partial charge in [-0.05, 0) is 54.0 Å². The van der Waals surface area contributed by atoms with E-state index in [2.05, 4.69) is 16.9 Å². The molecule has 52 heavy (non-hydrogen) atoms. The van der Waals surface area contributed by atoms with E-state index in [-0.39, 0.29) is 45.5 Å². The van der Waals surface area contributed by atoms with Gasteiger partial charge < -0.3 is 14.8 Å². The normalized spacial score (nSPS) is 14.2. The van der Waals surface area contributed by atoms with E-state index < -0.39 is 23.7 Å². The second kappa shape index (κ2) is 18.0. The maximum atomic E-state index is 14.2. The van der Waals surface area contributed by atoms with Crippen LogP contribution >= 0.6 is 23.4 Å². The molecule has 0 spiro atoms. The van der Waals surface area contributed by atoms with Crippen LogP contribution < -0.4 is 14.8 Å². The Hall–Kier alpha value is -5.71. The summed E-state index contributed by atoms with van der Waals surface area (Å²) in [6, 6.07) is 28.0. The number of halogens is 2. The molecule has 0 radical (unpaired) electrons. The molecular formula is C41H35ClFN3O5S. The molecule has 8 nitrogen and oxygen atoms in total. The largest absolute Gasteiger partial charge is 0.493 e. The number of methoxy groups -OCH3 is 1. The van der Waals surface area contributed by atoms with Crippen molar-refractivity contribution >= 4 is 52.3 Å². The van der Waals surface area contributed by atoms with E-state index in [1.165, 1.54) is 30.2 Å². The topological polar surface area (TPSA) is 97.3 Å². The highest BCUT2D eigenvalue weighted by Gasteiger charge is 2.35. The van der Waals surface area contributed by atoms with Crippen molar-refractivity contribution in [2.24, 2.45) is 4.99 Å². The first-order chi connectivity index (χ1) is 25.2. The van der Waals surface area contributed by atoms with Crippen LogP contribution in [0.15, 0.2) is 144 Å². The minimum atomic E-state index is -0.797. The van der Waals surface area contributed by atoms with Gasteiger partial charge in [0.15, 0.2) is 16.7 Å². The number of amides is 3. The number of carbonyl (C=O) groups is 3. The molecule has 1 aliphatic heterocycles. The van der Waals surface area contributed by atoms with Gasteiger partial charge in [-0.15, -0.1) is 0 Å². The molecule has 5 rings (SSSR count). The highest BCUT2D eigenvalue weighted by molar-refractivity contribution is 8.14. The summed E-state index contributed by atoms with van der Waals surface area (Å²) in [5.74, 6) is -1.96. The fraction of sp³-hybridized carbons (Fsp3) is 0.122. The molecule has 4 aromatic carbocycles. The zero-order valence-electron chi connectivity index (χ0n) is 28.4. The zero-order valence-corrected chi connectivity index (χ0v) is 30.0. The highest BCUT2D eigenvalue weighted by atomic mass is 35.5. The maximum absolute atomic E-state index is 14.2. The molecule has 0 saturated carbocycles. The van der Waals surface area contributed by atoms with E-state index in [0.717, 1.165) is 22.9 Å². The van der Waals surface area contributed by atoms with Crippen LogP contribution in [-0.2, 0) is 21.0 Å². The number of nitrogens with zero attached hydrogens (tertiary/aromatic N) is 2. The van der Waals surface area contributed by atoms with Crippen molar-refractivity contribution in [3.8, 4) is 11.5 Å². The number of hydrogen-bond acceptors (Lipinski definition) is 6. The smallest absolute Gasteiger partial charge is 0.285 e. The molecule has 0 atom stereocenters. The number of hydrogen-bond donors (Lipinski definition) is 1. The van der Waals surface area contributed by atoms with Crippen LogP contribution in [0.3, 0.4) is 0 Å².